The molecular weight excluding hydrogens is 467 g/mol. The summed E-state index contributed by atoms with van der Waals surface area (Å²) in [6.45, 7) is 9.83. The Morgan fingerprint density at radius 3 is 2.50 bits per heavy atom. The lowest BCUT2D eigenvalue weighted by molar-refractivity contribution is 0.101. The molecule has 0 bridgehead atoms. The third kappa shape index (κ3) is 6.57. The van der Waals surface area contributed by atoms with Crippen LogP contribution in [0.3, 0.4) is 0 Å². The molecule has 2 aromatic carbocycles. The molecule has 3 unspecified atom stereocenters. The minimum Gasteiger partial charge on any atom is -0.490 e. The second kappa shape index (κ2) is 11.9. The molecular formula is C28H32F3N3O2. The zero-order valence-corrected chi connectivity index (χ0v) is 20.7. The van der Waals surface area contributed by atoms with E-state index in [-0.39, 0.29) is 30.0 Å². The van der Waals surface area contributed by atoms with Gasteiger partial charge < -0.3 is 15.6 Å². The van der Waals surface area contributed by atoms with Gasteiger partial charge in [-0.15, -0.1) is 0 Å². The molecule has 2 aromatic rings. The monoisotopic (exact) mass is 499 g/mol. The molecule has 0 fully saturated rings. The molecule has 3 N–H and O–H groups in total. The van der Waals surface area contributed by atoms with Gasteiger partial charge in [-0.1, -0.05) is 39.5 Å². The zero-order chi connectivity index (χ0) is 26.4. The predicted octanol–water partition coefficient (Wildman–Crippen LogP) is 6.29. The van der Waals surface area contributed by atoms with E-state index >= 15 is 0 Å². The summed E-state index contributed by atoms with van der Waals surface area (Å²) in [6.07, 6.45) is 5.44. The Morgan fingerprint density at radius 2 is 1.86 bits per heavy atom. The molecule has 1 heterocycles. The van der Waals surface area contributed by atoms with Crippen molar-refractivity contribution in [1.82, 2.24) is 5.01 Å². The molecule has 36 heavy (non-hydrogen) atoms. The van der Waals surface area contributed by atoms with Gasteiger partial charge in [-0.2, -0.15) is 9.49 Å². The van der Waals surface area contributed by atoms with Crippen molar-refractivity contribution in [2.45, 2.75) is 39.7 Å². The predicted molar refractivity (Wildman–Crippen MR) is 136 cm³/mol. The van der Waals surface area contributed by atoms with E-state index in [1.165, 1.54) is 35.3 Å². The van der Waals surface area contributed by atoms with E-state index in [0.717, 1.165) is 12.5 Å². The highest BCUT2D eigenvalue weighted by molar-refractivity contribution is 5.83. The molecule has 0 spiro atoms. The highest BCUT2D eigenvalue weighted by atomic mass is 19.2. The Labute approximate surface area is 210 Å². The van der Waals surface area contributed by atoms with Crippen LogP contribution in [0.15, 0.2) is 72.1 Å². The lowest BCUT2D eigenvalue weighted by Gasteiger charge is -2.22. The second-order valence-corrected chi connectivity index (χ2v) is 8.97. The van der Waals surface area contributed by atoms with E-state index in [1.54, 1.807) is 25.3 Å². The molecule has 3 atom stereocenters. The summed E-state index contributed by atoms with van der Waals surface area (Å²) in [7, 11) is 0. The van der Waals surface area contributed by atoms with Crippen LogP contribution in [0.5, 0.6) is 5.75 Å². The van der Waals surface area contributed by atoms with Gasteiger partial charge in [0.05, 0.1) is 18.4 Å². The number of hydrogen-bond acceptors (Lipinski definition) is 4. The van der Waals surface area contributed by atoms with Crippen LogP contribution < -0.4 is 10.5 Å². The van der Waals surface area contributed by atoms with Crippen molar-refractivity contribution in [2.75, 3.05) is 6.61 Å². The molecule has 0 radical (unpaired) electrons. The fourth-order valence-electron chi connectivity index (χ4n) is 3.59. The Morgan fingerprint density at radius 1 is 1.17 bits per heavy atom. The van der Waals surface area contributed by atoms with Gasteiger partial charge in [0, 0.05) is 12.1 Å². The van der Waals surface area contributed by atoms with Crippen LogP contribution in [0.1, 0.15) is 50.8 Å². The van der Waals surface area contributed by atoms with Crippen molar-refractivity contribution in [2.24, 2.45) is 22.7 Å². The molecule has 1 aliphatic heterocycles. The molecule has 5 nitrogen and oxygen atoms in total. The van der Waals surface area contributed by atoms with Gasteiger partial charge >= 0.3 is 0 Å². The molecule has 8 heteroatoms. The minimum atomic E-state index is -1.09. The van der Waals surface area contributed by atoms with Gasteiger partial charge in [-0.25, -0.2) is 13.8 Å². The topological polar surface area (TPSA) is 71.1 Å². The number of allylic oxidation sites excluding steroid dienone is 3. The smallest absolute Gasteiger partial charge is 0.200 e. The van der Waals surface area contributed by atoms with E-state index < -0.39 is 17.7 Å². The average molecular weight is 500 g/mol. The normalized spacial score (nSPS) is 16.5. The Kier molecular flexibility index (Phi) is 8.98. The van der Waals surface area contributed by atoms with Crippen LogP contribution in [-0.4, -0.2) is 22.6 Å². The number of rotatable bonds is 10. The van der Waals surface area contributed by atoms with Crippen molar-refractivity contribution in [3.05, 3.63) is 95.6 Å². The number of aliphatic hydroxyl groups excluding tert-OH is 1. The van der Waals surface area contributed by atoms with Crippen LogP contribution in [0.25, 0.3) is 5.57 Å². The van der Waals surface area contributed by atoms with E-state index in [2.05, 4.69) is 11.7 Å². The van der Waals surface area contributed by atoms with Crippen LogP contribution in [0, 0.1) is 29.3 Å². The first-order valence-corrected chi connectivity index (χ1v) is 11.9. The number of nitrogens with zero attached hydrogens (tertiary/aromatic N) is 2. The minimum absolute atomic E-state index is 0.0538. The summed E-state index contributed by atoms with van der Waals surface area (Å²) in [5.74, 6) is -2.41. The summed E-state index contributed by atoms with van der Waals surface area (Å²) in [4.78, 5) is 0. The molecule has 1 aliphatic rings. The molecule has 3 rings (SSSR count). The maximum atomic E-state index is 14.4. The van der Waals surface area contributed by atoms with Crippen molar-refractivity contribution < 1.29 is 23.0 Å². The number of hydrogen-bond donors (Lipinski definition) is 2. The van der Waals surface area contributed by atoms with Gasteiger partial charge in [0.15, 0.2) is 11.6 Å². The standard InChI is InChI=1S/C28H32F3N3O2/c1-5-17(2)28(32)33-34-12-10-21(14-19(34)4)22-15-24(30)26(31)25(16-22)36-13-11-18(3)27(35)20-6-8-23(29)9-7-20/h6-10,12,14-18,27,35H,4-5,11,13H2,1-3H3,(H2,32,33). The van der Waals surface area contributed by atoms with Crippen LogP contribution in [-0.2, 0) is 0 Å². The van der Waals surface area contributed by atoms with E-state index in [1.807, 2.05) is 13.8 Å². The zero-order valence-electron chi connectivity index (χ0n) is 20.7. The first kappa shape index (κ1) is 27.1. The lowest BCUT2D eigenvalue weighted by atomic mass is 9.95. The fourth-order valence-corrected chi connectivity index (χ4v) is 3.59. The van der Waals surface area contributed by atoms with Gasteiger partial charge in [0.1, 0.15) is 11.7 Å². The van der Waals surface area contributed by atoms with E-state index in [4.69, 9.17) is 10.5 Å². The third-order valence-corrected chi connectivity index (χ3v) is 6.26. The summed E-state index contributed by atoms with van der Waals surface area (Å²) >= 11 is 0. The average Bonchev–Trinajstić information content (AvgIpc) is 2.86. The molecule has 0 saturated heterocycles. The van der Waals surface area contributed by atoms with Crippen molar-refractivity contribution in [3.63, 3.8) is 0 Å². The number of benzene rings is 2. The molecule has 192 valence electrons. The number of nitrogens with two attached hydrogens (primary N) is 1. The Bertz CT molecular complexity index is 1180. The molecule has 0 aliphatic carbocycles. The summed E-state index contributed by atoms with van der Waals surface area (Å²) < 4.78 is 47.5. The maximum absolute atomic E-state index is 14.4. The van der Waals surface area contributed by atoms with Crippen molar-refractivity contribution >= 4 is 11.4 Å². The summed E-state index contributed by atoms with van der Waals surface area (Å²) in [5, 5.41) is 16.4. The second-order valence-electron chi connectivity index (χ2n) is 8.97. The fraction of sp³-hybridized carbons (Fsp3) is 0.321. The van der Waals surface area contributed by atoms with Crippen LogP contribution in [0.4, 0.5) is 13.2 Å². The van der Waals surface area contributed by atoms with Gasteiger partial charge in [0.2, 0.25) is 5.82 Å². The van der Waals surface area contributed by atoms with Gasteiger partial charge in [-0.05, 0) is 71.9 Å². The summed E-state index contributed by atoms with van der Waals surface area (Å²) in [5.41, 5.74) is 8.14. The van der Waals surface area contributed by atoms with Crippen LogP contribution >= 0.6 is 0 Å². The quantitative estimate of drug-likeness (QED) is 0.298. The maximum Gasteiger partial charge on any atom is 0.200 e. The highest BCUT2D eigenvalue weighted by Gasteiger charge is 2.19. The Balaban J connectivity index is 1.68. The lowest BCUT2D eigenvalue weighted by Crippen LogP contribution is -2.25. The van der Waals surface area contributed by atoms with Crippen molar-refractivity contribution in [1.29, 1.82) is 0 Å². The third-order valence-electron chi connectivity index (χ3n) is 6.26. The number of hydrazone groups is 1. The summed E-state index contributed by atoms with van der Waals surface area (Å²) in [6, 6.07) is 8.11. The van der Waals surface area contributed by atoms with Crippen LogP contribution in [0.2, 0.25) is 0 Å². The number of ether oxygens (including phenoxy) is 1. The highest BCUT2D eigenvalue weighted by Crippen LogP contribution is 2.31. The number of halogens is 3. The largest absolute Gasteiger partial charge is 0.490 e. The van der Waals surface area contributed by atoms with Crippen molar-refractivity contribution in [3.8, 4) is 5.75 Å². The molecule has 0 saturated carbocycles. The van der Waals surface area contributed by atoms with Gasteiger partial charge in [0.25, 0.3) is 0 Å². The Hall–Kier alpha value is -3.52. The SMILES string of the molecule is C=C1C=C(c2cc(F)c(F)c(OCCC(C)C(O)c3ccc(F)cc3)c2)C=CN1/N=C(/N)C(C)CC. The van der Waals surface area contributed by atoms with E-state index in [0.29, 0.717) is 34.7 Å². The number of aliphatic hydroxyl groups is 1. The molecule has 0 amide bonds. The first-order chi connectivity index (χ1) is 17.1. The number of amidine groups is 1. The molecule has 0 aromatic heterocycles. The van der Waals surface area contributed by atoms with E-state index in [9.17, 15) is 18.3 Å². The first-order valence-electron chi connectivity index (χ1n) is 11.9. The van der Waals surface area contributed by atoms with Gasteiger partial charge in [-0.3, -0.25) is 0 Å².